The zero-order valence-corrected chi connectivity index (χ0v) is 13.2. The minimum Gasteiger partial charge on any atom is -0.404 e. The van der Waals surface area contributed by atoms with Gasteiger partial charge in [0, 0.05) is 23.1 Å². The number of ether oxygens (including phenoxy) is 1. The lowest BCUT2D eigenvalue weighted by molar-refractivity contribution is 0.516. The van der Waals surface area contributed by atoms with Gasteiger partial charge in [0.15, 0.2) is 11.6 Å². The quantitative estimate of drug-likeness (QED) is 0.649. The fourth-order valence-electron chi connectivity index (χ4n) is 2.12. The van der Waals surface area contributed by atoms with E-state index in [2.05, 4.69) is 22.0 Å². The van der Waals surface area contributed by atoms with Crippen molar-refractivity contribution in [2.45, 2.75) is 6.92 Å². The van der Waals surface area contributed by atoms with Gasteiger partial charge in [0.2, 0.25) is 0 Å². The molecule has 1 aromatic heterocycles. The van der Waals surface area contributed by atoms with E-state index in [1.165, 1.54) is 0 Å². The Hall–Kier alpha value is -2.83. The zero-order chi connectivity index (χ0) is 16.1. The zero-order valence-electron chi connectivity index (χ0n) is 12.5. The third-order valence-corrected chi connectivity index (χ3v) is 3.38. The van der Waals surface area contributed by atoms with Crippen LogP contribution < -0.4 is 4.74 Å². The summed E-state index contributed by atoms with van der Waals surface area (Å²) in [5.41, 5.74) is 2.44. The smallest absolute Gasteiger partial charge is 0.184 e. The van der Waals surface area contributed by atoms with Crippen LogP contribution >= 0.6 is 11.6 Å². The highest BCUT2D eigenvalue weighted by molar-refractivity contribution is 6.30. The summed E-state index contributed by atoms with van der Waals surface area (Å²) >= 11 is 6.10. The van der Waals surface area contributed by atoms with Crippen LogP contribution in [-0.4, -0.2) is 9.97 Å². The van der Waals surface area contributed by atoms with E-state index in [1.807, 2.05) is 54.6 Å². The van der Waals surface area contributed by atoms with Crippen LogP contribution in [0.15, 0.2) is 60.8 Å². The molecule has 0 aliphatic carbocycles. The maximum atomic E-state index is 6.10. The number of halogens is 1. The van der Waals surface area contributed by atoms with Crippen molar-refractivity contribution in [3.05, 3.63) is 65.8 Å². The Kier molecular flexibility index (Phi) is 4.56. The maximum absolute atomic E-state index is 6.10. The molecule has 0 amide bonds. The van der Waals surface area contributed by atoms with Crippen molar-refractivity contribution in [2.75, 3.05) is 0 Å². The van der Waals surface area contributed by atoms with E-state index >= 15 is 0 Å². The molecule has 3 aromatic rings. The van der Waals surface area contributed by atoms with Gasteiger partial charge < -0.3 is 4.74 Å². The fraction of sp³-hybridized carbons (Fsp3) is 0.0526. The highest BCUT2D eigenvalue weighted by atomic mass is 35.5. The predicted molar refractivity (Wildman–Crippen MR) is 92.0 cm³/mol. The number of hydrogen-bond donors (Lipinski definition) is 0. The van der Waals surface area contributed by atoms with E-state index in [0.717, 1.165) is 11.1 Å². The van der Waals surface area contributed by atoms with Gasteiger partial charge in [0.05, 0.1) is 6.20 Å². The molecule has 1 heterocycles. The van der Waals surface area contributed by atoms with Gasteiger partial charge in [0.25, 0.3) is 0 Å². The molecule has 0 atom stereocenters. The first kappa shape index (κ1) is 15.1. The standard InChI is InChI=1S/C19H13ClN2O/c1-2-11-23-17-13-21-19(14-7-4-3-5-8-14)22-18(17)15-9-6-10-16(20)12-15/h3-10,12-13H,1H3. The Morgan fingerprint density at radius 2 is 1.78 bits per heavy atom. The van der Waals surface area contributed by atoms with Crippen molar-refractivity contribution in [3.8, 4) is 40.4 Å². The first-order valence-electron chi connectivity index (χ1n) is 7.05. The number of rotatable bonds is 3. The molecular weight excluding hydrogens is 308 g/mol. The summed E-state index contributed by atoms with van der Waals surface area (Å²) in [6.07, 6.45) is 4.22. The Labute approximate surface area is 139 Å². The Morgan fingerprint density at radius 3 is 2.52 bits per heavy atom. The summed E-state index contributed by atoms with van der Waals surface area (Å²) in [6, 6.07) is 17.2. The van der Waals surface area contributed by atoms with Gasteiger partial charge in [-0.2, -0.15) is 0 Å². The van der Waals surface area contributed by atoms with Gasteiger partial charge in [-0.05, 0) is 12.1 Å². The van der Waals surface area contributed by atoms with E-state index < -0.39 is 0 Å². The van der Waals surface area contributed by atoms with Crippen LogP contribution in [0.25, 0.3) is 22.6 Å². The summed E-state index contributed by atoms with van der Waals surface area (Å²) in [5.74, 6) is 3.82. The Bertz CT molecular complexity index is 883. The summed E-state index contributed by atoms with van der Waals surface area (Å²) in [6.45, 7) is 1.71. The Morgan fingerprint density at radius 1 is 1.00 bits per heavy atom. The van der Waals surface area contributed by atoms with Crippen molar-refractivity contribution >= 4 is 11.6 Å². The molecular formula is C19H13ClN2O. The molecule has 112 valence electrons. The number of hydrogen-bond acceptors (Lipinski definition) is 3. The monoisotopic (exact) mass is 320 g/mol. The molecule has 0 saturated carbocycles. The third-order valence-electron chi connectivity index (χ3n) is 3.15. The lowest BCUT2D eigenvalue weighted by Gasteiger charge is -2.09. The second kappa shape index (κ2) is 6.95. The van der Waals surface area contributed by atoms with Crippen LogP contribution in [0.3, 0.4) is 0 Å². The molecule has 2 aromatic carbocycles. The van der Waals surface area contributed by atoms with Crippen LogP contribution in [0.5, 0.6) is 5.75 Å². The summed E-state index contributed by atoms with van der Waals surface area (Å²) in [7, 11) is 0. The highest BCUT2D eigenvalue weighted by Crippen LogP contribution is 2.31. The van der Waals surface area contributed by atoms with Crippen molar-refractivity contribution in [2.24, 2.45) is 0 Å². The molecule has 0 aliphatic rings. The van der Waals surface area contributed by atoms with Gasteiger partial charge in [0.1, 0.15) is 11.8 Å². The highest BCUT2D eigenvalue weighted by Gasteiger charge is 2.12. The first-order valence-corrected chi connectivity index (χ1v) is 7.42. The van der Waals surface area contributed by atoms with Gasteiger partial charge in [-0.3, -0.25) is 0 Å². The van der Waals surface area contributed by atoms with Crippen molar-refractivity contribution in [1.82, 2.24) is 9.97 Å². The summed E-state index contributed by atoms with van der Waals surface area (Å²) < 4.78 is 5.44. The van der Waals surface area contributed by atoms with E-state index in [1.54, 1.807) is 13.1 Å². The lowest BCUT2D eigenvalue weighted by Crippen LogP contribution is -1.96. The first-order chi connectivity index (χ1) is 11.3. The topological polar surface area (TPSA) is 35.0 Å². The fourth-order valence-corrected chi connectivity index (χ4v) is 2.31. The molecule has 0 bridgehead atoms. The molecule has 0 N–H and O–H groups in total. The van der Waals surface area contributed by atoms with Gasteiger partial charge in [-0.15, -0.1) is 0 Å². The normalized spacial score (nSPS) is 9.83. The van der Waals surface area contributed by atoms with E-state index in [-0.39, 0.29) is 0 Å². The molecule has 0 spiro atoms. The van der Waals surface area contributed by atoms with Crippen LogP contribution in [0.1, 0.15) is 6.92 Å². The van der Waals surface area contributed by atoms with Crippen molar-refractivity contribution in [1.29, 1.82) is 0 Å². The van der Waals surface area contributed by atoms with E-state index in [9.17, 15) is 0 Å². The number of aromatic nitrogens is 2. The molecule has 0 aliphatic heterocycles. The molecule has 23 heavy (non-hydrogen) atoms. The van der Waals surface area contributed by atoms with Crippen molar-refractivity contribution < 1.29 is 4.74 Å². The molecule has 0 radical (unpaired) electrons. The second-order valence-electron chi connectivity index (χ2n) is 4.74. The van der Waals surface area contributed by atoms with Crippen molar-refractivity contribution in [3.63, 3.8) is 0 Å². The van der Waals surface area contributed by atoms with Gasteiger partial charge in [-0.25, -0.2) is 9.97 Å². The van der Waals surface area contributed by atoms with Crippen LogP contribution in [0, 0.1) is 12.0 Å². The molecule has 4 heteroatoms. The third kappa shape index (κ3) is 3.50. The van der Waals surface area contributed by atoms with E-state index in [0.29, 0.717) is 22.3 Å². The molecule has 0 saturated heterocycles. The number of nitrogens with zero attached hydrogens (tertiary/aromatic N) is 2. The van der Waals surface area contributed by atoms with Crippen LogP contribution in [-0.2, 0) is 0 Å². The summed E-state index contributed by atoms with van der Waals surface area (Å²) in [5, 5.41) is 0.634. The average Bonchev–Trinajstić information content (AvgIpc) is 2.60. The molecule has 0 unspecified atom stereocenters. The number of benzene rings is 2. The second-order valence-corrected chi connectivity index (χ2v) is 5.17. The summed E-state index contributed by atoms with van der Waals surface area (Å²) in [4.78, 5) is 9.02. The largest absolute Gasteiger partial charge is 0.404 e. The molecule has 3 nitrogen and oxygen atoms in total. The predicted octanol–water partition coefficient (Wildman–Crippen LogP) is 4.82. The van der Waals surface area contributed by atoms with E-state index in [4.69, 9.17) is 16.3 Å². The maximum Gasteiger partial charge on any atom is 0.184 e. The van der Waals surface area contributed by atoms with Crippen LogP contribution in [0.2, 0.25) is 5.02 Å². The Balaban J connectivity index is 2.14. The lowest BCUT2D eigenvalue weighted by atomic mass is 10.1. The van der Waals surface area contributed by atoms with Gasteiger partial charge in [-0.1, -0.05) is 60.0 Å². The minimum atomic E-state index is 0.501. The minimum absolute atomic E-state index is 0.501. The van der Waals surface area contributed by atoms with Crippen LogP contribution in [0.4, 0.5) is 0 Å². The van der Waals surface area contributed by atoms with Gasteiger partial charge >= 0.3 is 0 Å². The molecule has 3 rings (SSSR count). The molecule has 0 fully saturated rings. The SMILES string of the molecule is CC#COc1cnc(-c2ccccc2)nc1-c1cccc(Cl)c1. The average molecular weight is 321 g/mol.